The lowest BCUT2D eigenvalue weighted by Gasteiger charge is -2.26. The molecule has 4 rings (SSSR count). The van der Waals surface area contributed by atoms with Crippen LogP contribution in [0, 0.1) is 17.1 Å². The third kappa shape index (κ3) is 5.39. The van der Waals surface area contributed by atoms with E-state index in [1.165, 1.54) is 37.7 Å². The van der Waals surface area contributed by atoms with Crippen LogP contribution in [0.1, 0.15) is 66.5 Å². The normalized spacial score (nSPS) is 13.1. The van der Waals surface area contributed by atoms with E-state index in [-0.39, 0.29) is 23.0 Å². The average molecular weight is 554 g/mol. The maximum Gasteiger partial charge on any atom is 0.296 e. The summed E-state index contributed by atoms with van der Waals surface area (Å²) in [5.41, 5.74) is -0.774. The first-order valence-corrected chi connectivity index (χ1v) is 12.2. The lowest BCUT2D eigenvalue weighted by atomic mass is 9.82. The molecule has 3 aromatic heterocycles. The maximum atomic E-state index is 14.4. The minimum Gasteiger partial charge on any atom is -0.501 e. The molecule has 0 fully saturated rings. The molecule has 0 radical (unpaired) electrons. The van der Waals surface area contributed by atoms with Crippen LogP contribution in [0.4, 0.5) is 10.1 Å². The lowest BCUT2D eigenvalue weighted by Crippen LogP contribution is -2.29. The molecular weight excluding hydrogens is 529 g/mol. The van der Waals surface area contributed by atoms with Gasteiger partial charge in [-0.3, -0.25) is 18.8 Å². The summed E-state index contributed by atoms with van der Waals surface area (Å²) in [6.45, 7) is 5.45. The van der Waals surface area contributed by atoms with Crippen LogP contribution in [0.2, 0.25) is 5.02 Å². The molecule has 2 atom stereocenters. The number of aromatic nitrogens is 5. The number of anilines is 1. The molecule has 202 valence electrons. The summed E-state index contributed by atoms with van der Waals surface area (Å²) in [6, 6.07) is 6.09. The van der Waals surface area contributed by atoms with Gasteiger partial charge in [0.1, 0.15) is 23.6 Å². The van der Waals surface area contributed by atoms with Gasteiger partial charge in [-0.15, -0.1) is 0 Å². The predicted octanol–water partition coefficient (Wildman–Crippen LogP) is 4.30. The summed E-state index contributed by atoms with van der Waals surface area (Å²) in [4.78, 5) is 30.2. The Morgan fingerprint density at radius 1 is 1.36 bits per heavy atom. The van der Waals surface area contributed by atoms with Crippen LogP contribution in [0.15, 0.2) is 52.4 Å². The van der Waals surface area contributed by atoms with Crippen LogP contribution in [-0.2, 0) is 12.6 Å². The second-order valence-corrected chi connectivity index (χ2v) is 10.1. The van der Waals surface area contributed by atoms with Crippen molar-refractivity contribution in [2.45, 2.75) is 44.6 Å². The number of nitrogens with one attached hydrogen (secondary N) is 1. The van der Waals surface area contributed by atoms with Crippen molar-refractivity contribution in [1.82, 2.24) is 24.5 Å². The SMILES string of the molecule is CC(c1nc(C(=O)Nc2cnoc2)c(O)c(=O)n1C)C(c1cnn(C(C)(C)CC#N)c1)c1cc(F)ccc1Cl. The minimum absolute atomic E-state index is 0.127. The van der Waals surface area contributed by atoms with Gasteiger partial charge < -0.3 is 14.9 Å². The summed E-state index contributed by atoms with van der Waals surface area (Å²) < 4.78 is 21.9. The Morgan fingerprint density at radius 3 is 2.77 bits per heavy atom. The van der Waals surface area contributed by atoms with E-state index in [9.17, 15) is 24.3 Å². The lowest BCUT2D eigenvalue weighted by molar-refractivity contribution is 0.101. The van der Waals surface area contributed by atoms with E-state index in [0.29, 0.717) is 11.1 Å². The van der Waals surface area contributed by atoms with Crippen molar-refractivity contribution in [3.05, 3.63) is 86.9 Å². The number of carbonyl (C=O) groups is 1. The zero-order valence-corrected chi connectivity index (χ0v) is 22.3. The van der Waals surface area contributed by atoms with E-state index in [1.54, 1.807) is 24.0 Å². The second-order valence-electron chi connectivity index (χ2n) is 9.70. The van der Waals surface area contributed by atoms with Crippen molar-refractivity contribution in [2.24, 2.45) is 7.05 Å². The smallest absolute Gasteiger partial charge is 0.296 e. The first-order chi connectivity index (χ1) is 18.4. The summed E-state index contributed by atoms with van der Waals surface area (Å²) in [5, 5.41) is 30.4. The first kappa shape index (κ1) is 27.5. The highest BCUT2D eigenvalue weighted by Crippen LogP contribution is 2.41. The molecule has 1 aromatic carbocycles. The van der Waals surface area contributed by atoms with Crippen LogP contribution in [-0.4, -0.2) is 35.5 Å². The molecule has 0 aliphatic heterocycles. The average Bonchev–Trinajstić information content (AvgIpc) is 3.58. The molecule has 4 aromatic rings. The monoisotopic (exact) mass is 553 g/mol. The predicted molar refractivity (Wildman–Crippen MR) is 139 cm³/mol. The van der Waals surface area contributed by atoms with Gasteiger partial charge in [-0.05, 0) is 43.2 Å². The van der Waals surface area contributed by atoms with Gasteiger partial charge in [-0.25, -0.2) is 9.37 Å². The topological polar surface area (TPSA) is 152 Å². The molecule has 0 bridgehead atoms. The van der Waals surface area contributed by atoms with Gasteiger partial charge in [0.15, 0.2) is 5.69 Å². The van der Waals surface area contributed by atoms with E-state index < -0.39 is 46.1 Å². The van der Waals surface area contributed by atoms with Crippen molar-refractivity contribution in [1.29, 1.82) is 5.26 Å². The Kier molecular flexibility index (Phi) is 7.56. The van der Waals surface area contributed by atoms with Gasteiger partial charge in [0.25, 0.3) is 11.5 Å². The number of hydrogen-bond donors (Lipinski definition) is 2. The number of aromatic hydroxyl groups is 1. The minimum atomic E-state index is -0.853. The zero-order chi connectivity index (χ0) is 28.5. The first-order valence-electron chi connectivity index (χ1n) is 11.8. The molecule has 2 unspecified atom stereocenters. The number of hydrogen-bond acceptors (Lipinski definition) is 8. The number of nitrogens with zero attached hydrogens (tertiary/aromatic N) is 6. The number of benzene rings is 1. The van der Waals surface area contributed by atoms with Crippen LogP contribution in [0.5, 0.6) is 5.75 Å². The van der Waals surface area contributed by atoms with Gasteiger partial charge in [0.2, 0.25) is 5.75 Å². The van der Waals surface area contributed by atoms with E-state index in [1.807, 2.05) is 13.8 Å². The summed E-state index contributed by atoms with van der Waals surface area (Å²) in [5.74, 6) is -3.45. The second kappa shape index (κ2) is 10.7. The molecule has 0 aliphatic rings. The Bertz CT molecular complexity index is 1620. The van der Waals surface area contributed by atoms with Crippen molar-refractivity contribution in [3.63, 3.8) is 0 Å². The number of halogens is 2. The van der Waals surface area contributed by atoms with Crippen LogP contribution < -0.4 is 10.9 Å². The molecular formula is C26H25ClFN7O4. The molecule has 3 heterocycles. The van der Waals surface area contributed by atoms with Crippen molar-refractivity contribution < 1.29 is 18.8 Å². The summed E-state index contributed by atoms with van der Waals surface area (Å²) >= 11 is 6.53. The molecule has 39 heavy (non-hydrogen) atoms. The largest absolute Gasteiger partial charge is 0.501 e. The Morgan fingerprint density at radius 2 is 2.10 bits per heavy atom. The molecule has 0 saturated carbocycles. The van der Waals surface area contributed by atoms with Gasteiger partial charge in [0.05, 0.1) is 30.4 Å². The van der Waals surface area contributed by atoms with Crippen LogP contribution in [0.3, 0.4) is 0 Å². The fourth-order valence-electron chi connectivity index (χ4n) is 4.37. The molecule has 1 amide bonds. The molecule has 0 aliphatic carbocycles. The number of nitriles is 1. The highest BCUT2D eigenvalue weighted by atomic mass is 35.5. The Hall–Kier alpha value is -4.50. The third-order valence-corrected chi connectivity index (χ3v) is 6.84. The van der Waals surface area contributed by atoms with Crippen LogP contribution in [0.25, 0.3) is 0 Å². The van der Waals surface area contributed by atoms with E-state index in [2.05, 4.69) is 26.6 Å². The van der Waals surface area contributed by atoms with Crippen molar-refractivity contribution in [3.8, 4) is 11.8 Å². The standard InChI is InChI=1S/C26H25ClFN7O4/c1-14(23-33-21(22(36)25(38)34(23)4)24(37)32-17-11-31-39-13-17)20(18-9-16(28)5-6-19(18)27)15-10-30-35(12-15)26(2,3)7-8-29/h5-6,9-14,20,36H,7H2,1-4H3,(H,32,37). The highest BCUT2D eigenvalue weighted by Gasteiger charge is 2.32. The zero-order valence-electron chi connectivity index (χ0n) is 21.5. The van der Waals surface area contributed by atoms with Gasteiger partial charge in [-0.2, -0.15) is 10.4 Å². The number of carbonyl (C=O) groups excluding carboxylic acids is 1. The summed E-state index contributed by atoms with van der Waals surface area (Å²) in [6.07, 6.45) is 5.92. The quantitative estimate of drug-likeness (QED) is 0.327. The Labute approximate surface area is 227 Å². The summed E-state index contributed by atoms with van der Waals surface area (Å²) in [7, 11) is 1.41. The molecule has 0 spiro atoms. The fraction of sp³-hybridized carbons (Fsp3) is 0.308. The number of amides is 1. The van der Waals surface area contributed by atoms with E-state index in [4.69, 9.17) is 16.1 Å². The maximum absolute atomic E-state index is 14.4. The molecule has 2 N–H and O–H groups in total. The van der Waals surface area contributed by atoms with Crippen molar-refractivity contribution in [2.75, 3.05) is 5.32 Å². The Balaban J connectivity index is 1.86. The van der Waals surface area contributed by atoms with Gasteiger partial charge in [-0.1, -0.05) is 23.7 Å². The van der Waals surface area contributed by atoms with E-state index in [0.717, 1.165) is 4.57 Å². The van der Waals surface area contributed by atoms with Gasteiger partial charge >= 0.3 is 0 Å². The molecule has 11 nitrogen and oxygen atoms in total. The highest BCUT2D eigenvalue weighted by molar-refractivity contribution is 6.31. The fourth-order valence-corrected chi connectivity index (χ4v) is 4.61. The van der Waals surface area contributed by atoms with Crippen LogP contribution >= 0.6 is 11.6 Å². The molecule has 0 saturated heterocycles. The van der Waals surface area contributed by atoms with Crippen molar-refractivity contribution >= 4 is 23.2 Å². The van der Waals surface area contributed by atoms with Gasteiger partial charge in [0, 0.05) is 30.1 Å². The number of rotatable bonds is 8. The van der Waals surface area contributed by atoms with E-state index >= 15 is 0 Å². The molecule has 13 heteroatoms. The third-order valence-electron chi connectivity index (χ3n) is 6.50.